The number of fused-ring (bicyclic) bond motifs is 1. The van der Waals surface area contributed by atoms with Crippen LogP contribution >= 0.6 is 0 Å². The third-order valence-electron chi connectivity index (χ3n) is 5.60. The molecule has 1 saturated heterocycles. The van der Waals surface area contributed by atoms with Crippen molar-refractivity contribution in [2.75, 3.05) is 13.1 Å². The average Bonchev–Trinajstić information content (AvgIpc) is 2.93. The molecule has 1 amide bonds. The van der Waals surface area contributed by atoms with Gasteiger partial charge in [-0.25, -0.2) is 0 Å². The number of amides is 1. The van der Waals surface area contributed by atoms with Crippen molar-refractivity contribution >= 4 is 16.8 Å². The van der Waals surface area contributed by atoms with E-state index < -0.39 is 0 Å². The lowest BCUT2D eigenvalue weighted by Gasteiger charge is -2.42. The third-order valence-corrected chi connectivity index (χ3v) is 5.60. The lowest BCUT2D eigenvalue weighted by molar-refractivity contribution is -0.00535. The summed E-state index contributed by atoms with van der Waals surface area (Å²) in [4.78, 5) is 19.2. The van der Waals surface area contributed by atoms with E-state index in [4.69, 9.17) is 0 Å². The molecule has 0 radical (unpaired) electrons. The molecular formula is C19H22N2O2. The Morgan fingerprint density at radius 2 is 2.13 bits per heavy atom. The highest BCUT2D eigenvalue weighted by Gasteiger charge is 2.45. The minimum atomic E-state index is -0.251. The average molecular weight is 310 g/mol. The Kier molecular flexibility index (Phi) is 3.57. The molecule has 1 N–H and O–H groups in total. The van der Waals surface area contributed by atoms with Gasteiger partial charge in [-0.15, -0.1) is 0 Å². The molecule has 2 aliphatic rings. The second kappa shape index (κ2) is 5.60. The second-order valence-electron chi connectivity index (χ2n) is 7.01. The van der Waals surface area contributed by atoms with Crippen LogP contribution in [0.25, 0.3) is 10.9 Å². The Bertz CT molecular complexity index is 745. The maximum Gasteiger partial charge on any atom is 0.253 e. The van der Waals surface area contributed by atoms with E-state index in [0.717, 1.165) is 55.1 Å². The maximum absolute atomic E-state index is 12.9. The first kappa shape index (κ1) is 14.6. The van der Waals surface area contributed by atoms with Crippen LogP contribution in [0.5, 0.6) is 0 Å². The zero-order chi connectivity index (χ0) is 15.9. The third kappa shape index (κ3) is 2.51. The minimum Gasteiger partial charge on any atom is -0.392 e. The van der Waals surface area contributed by atoms with Gasteiger partial charge in [0.05, 0.1) is 11.6 Å². The molecule has 1 aliphatic heterocycles. The zero-order valence-corrected chi connectivity index (χ0v) is 13.2. The van der Waals surface area contributed by atoms with Gasteiger partial charge in [0, 0.05) is 35.7 Å². The number of pyridine rings is 1. The number of nitrogens with zero attached hydrogens (tertiary/aromatic N) is 2. The topological polar surface area (TPSA) is 53.4 Å². The highest BCUT2D eigenvalue weighted by Crippen LogP contribution is 2.45. The fourth-order valence-corrected chi connectivity index (χ4v) is 4.32. The van der Waals surface area contributed by atoms with Crippen molar-refractivity contribution in [3.05, 3.63) is 42.1 Å². The first-order valence-electron chi connectivity index (χ1n) is 8.50. The van der Waals surface area contributed by atoms with E-state index in [0.29, 0.717) is 6.54 Å². The number of hydrogen-bond acceptors (Lipinski definition) is 3. The van der Waals surface area contributed by atoms with Gasteiger partial charge < -0.3 is 10.0 Å². The number of benzene rings is 1. The van der Waals surface area contributed by atoms with Gasteiger partial charge in [0.1, 0.15) is 0 Å². The zero-order valence-electron chi connectivity index (χ0n) is 13.2. The predicted molar refractivity (Wildman–Crippen MR) is 89.2 cm³/mol. The van der Waals surface area contributed by atoms with Crippen molar-refractivity contribution in [3.63, 3.8) is 0 Å². The number of hydrogen-bond donors (Lipinski definition) is 1. The van der Waals surface area contributed by atoms with Crippen molar-refractivity contribution in [1.82, 2.24) is 9.88 Å². The summed E-state index contributed by atoms with van der Waals surface area (Å²) in [6.07, 6.45) is 6.53. The van der Waals surface area contributed by atoms with Crippen molar-refractivity contribution in [2.45, 2.75) is 38.2 Å². The maximum atomic E-state index is 12.9. The van der Waals surface area contributed by atoms with E-state index in [9.17, 15) is 9.90 Å². The summed E-state index contributed by atoms with van der Waals surface area (Å²) in [5.41, 5.74) is 1.56. The van der Waals surface area contributed by atoms with Crippen LogP contribution in [-0.2, 0) is 0 Å². The molecule has 4 rings (SSSR count). The molecule has 0 bridgehead atoms. The van der Waals surface area contributed by atoms with Gasteiger partial charge in [0.2, 0.25) is 0 Å². The quantitative estimate of drug-likeness (QED) is 0.881. The predicted octanol–water partition coefficient (Wildman–Crippen LogP) is 3.00. The van der Waals surface area contributed by atoms with Crippen LogP contribution in [0.2, 0.25) is 0 Å². The van der Waals surface area contributed by atoms with Gasteiger partial charge in [0.15, 0.2) is 0 Å². The van der Waals surface area contributed by atoms with Crippen molar-refractivity contribution in [2.24, 2.45) is 5.41 Å². The van der Waals surface area contributed by atoms with Crippen LogP contribution in [0.15, 0.2) is 36.5 Å². The number of piperidine rings is 1. The summed E-state index contributed by atoms with van der Waals surface area (Å²) in [6.45, 7) is 1.48. The van der Waals surface area contributed by atoms with Gasteiger partial charge in [-0.2, -0.15) is 0 Å². The van der Waals surface area contributed by atoms with Crippen molar-refractivity contribution in [3.8, 4) is 0 Å². The Hall–Kier alpha value is -1.94. The Morgan fingerprint density at radius 1 is 1.26 bits per heavy atom. The second-order valence-corrected chi connectivity index (χ2v) is 7.01. The first-order valence-corrected chi connectivity index (χ1v) is 8.50. The van der Waals surface area contributed by atoms with Gasteiger partial charge >= 0.3 is 0 Å². The summed E-state index contributed by atoms with van der Waals surface area (Å²) in [5.74, 6) is 0.0777. The molecule has 1 saturated carbocycles. The van der Waals surface area contributed by atoms with E-state index in [1.807, 2.05) is 35.2 Å². The minimum absolute atomic E-state index is 0.0632. The normalized spacial score (nSPS) is 27.7. The molecule has 2 aromatic rings. The molecule has 1 spiro atoms. The largest absolute Gasteiger partial charge is 0.392 e. The smallest absolute Gasteiger partial charge is 0.253 e. The van der Waals surface area contributed by atoms with Crippen LogP contribution in [0.3, 0.4) is 0 Å². The Labute approximate surface area is 136 Å². The van der Waals surface area contributed by atoms with Crippen LogP contribution in [0.1, 0.15) is 42.5 Å². The summed E-state index contributed by atoms with van der Waals surface area (Å²) in [6, 6.07) is 9.58. The molecule has 2 heterocycles. The standard InChI is InChI=1S/C19H22N2O2/c22-17-5-1-8-19(17)9-3-11-21(13-19)18(23)15-6-7-16-14(12-15)4-2-10-20-16/h2,4,6-7,10,12,17,22H,1,3,5,8-9,11,13H2/t17-,19-/m1/s1. The number of aromatic nitrogens is 1. The van der Waals surface area contributed by atoms with Gasteiger partial charge in [-0.05, 0) is 49.9 Å². The molecule has 4 nitrogen and oxygen atoms in total. The van der Waals surface area contributed by atoms with E-state index in [1.165, 1.54) is 0 Å². The van der Waals surface area contributed by atoms with E-state index >= 15 is 0 Å². The highest BCUT2D eigenvalue weighted by molar-refractivity contribution is 5.98. The molecule has 1 aromatic heterocycles. The Balaban J connectivity index is 1.60. The monoisotopic (exact) mass is 310 g/mol. The summed E-state index contributed by atoms with van der Waals surface area (Å²) >= 11 is 0. The number of rotatable bonds is 1. The number of carbonyl (C=O) groups excluding carboxylic acids is 1. The number of likely N-dealkylation sites (tertiary alicyclic amines) is 1. The lowest BCUT2D eigenvalue weighted by Crippen LogP contribution is -2.49. The molecular weight excluding hydrogens is 288 g/mol. The molecule has 0 unspecified atom stereocenters. The lowest BCUT2D eigenvalue weighted by atomic mass is 9.76. The van der Waals surface area contributed by atoms with E-state index in [-0.39, 0.29) is 17.4 Å². The SMILES string of the molecule is O=C(c1ccc2ncccc2c1)N1CCC[C@]2(CCC[C@H]2O)C1. The number of aliphatic hydroxyl groups is 1. The van der Waals surface area contributed by atoms with Gasteiger partial charge in [-0.1, -0.05) is 12.5 Å². The summed E-state index contributed by atoms with van der Waals surface area (Å²) in [5, 5.41) is 11.4. The van der Waals surface area contributed by atoms with Crippen LogP contribution < -0.4 is 0 Å². The van der Waals surface area contributed by atoms with Crippen LogP contribution in [-0.4, -0.2) is 40.1 Å². The molecule has 1 aliphatic carbocycles. The highest BCUT2D eigenvalue weighted by atomic mass is 16.3. The molecule has 4 heteroatoms. The molecule has 2 fully saturated rings. The van der Waals surface area contributed by atoms with Crippen LogP contribution in [0.4, 0.5) is 0 Å². The molecule has 23 heavy (non-hydrogen) atoms. The van der Waals surface area contributed by atoms with E-state index in [2.05, 4.69) is 4.98 Å². The molecule has 2 atom stereocenters. The summed E-state index contributed by atoms with van der Waals surface area (Å²) < 4.78 is 0. The molecule has 120 valence electrons. The van der Waals surface area contributed by atoms with Crippen molar-refractivity contribution in [1.29, 1.82) is 0 Å². The fraction of sp³-hybridized carbons (Fsp3) is 0.474. The Morgan fingerprint density at radius 3 is 2.96 bits per heavy atom. The van der Waals surface area contributed by atoms with E-state index in [1.54, 1.807) is 6.20 Å². The van der Waals surface area contributed by atoms with Crippen molar-refractivity contribution < 1.29 is 9.90 Å². The number of carbonyl (C=O) groups is 1. The van der Waals surface area contributed by atoms with Gasteiger partial charge in [-0.3, -0.25) is 9.78 Å². The van der Waals surface area contributed by atoms with Gasteiger partial charge in [0.25, 0.3) is 5.91 Å². The summed E-state index contributed by atoms with van der Waals surface area (Å²) in [7, 11) is 0. The molecule has 1 aromatic carbocycles. The fourth-order valence-electron chi connectivity index (χ4n) is 4.32. The van der Waals surface area contributed by atoms with Crippen LogP contribution in [0, 0.1) is 5.41 Å². The number of aliphatic hydroxyl groups excluding tert-OH is 1. The first-order chi connectivity index (χ1) is 11.2.